The molecule has 0 aliphatic rings. The Morgan fingerprint density at radius 2 is 1.16 bits per heavy atom. The number of nitrogens with zero attached hydrogens (tertiary/aromatic N) is 2. The lowest BCUT2D eigenvalue weighted by Crippen LogP contribution is -1.97. The van der Waals surface area contributed by atoms with Crippen molar-refractivity contribution in [1.29, 1.82) is 0 Å². The van der Waals surface area contributed by atoms with Crippen molar-refractivity contribution in [3.63, 3.8) is 0 Å². The fraction of sp³-hybridized carbons (Fsp3) is 0. The van der Waals surface area contributed by atoms with Gasteiger partial charge < -0.3 is 4.57 Å². The van der Waals surface area contributed by atoms with Gasteiger partial charge in [0.15, 0.2) is 0 Å². The van der Waals surface area contributed by atoms with Gasteiger partial charge in [-0.3, -0.25) is 4.98 Å². The smallest absolute Gasteiger partial charge is 0.0888 e. The normalized spacial score (nSPS) is 11.7. The molecule has 0 N–H and O–H groups in total. The number of para-hydroxylation sites is 3. The van der Waals surface area contributed by atoms with Gasteiger partial charge in [0.05, 0.1) is 26.9 Å². The molecule has 0 aliphatic heterocycles. The van der Waals surface area contributed by atoms with Crippen molar-refractivity contribution in [2.24, 2.45) is 0 Å². The lowest BCUT2D eigenvalue weighted by molar-refractivity contribution is 1.18. The molecule has 5 aromatic carbocycles. The highest BCUT2D eigenvalue weighted by atomic mass is 32.1. The summed E-state index contributed by atoms with van der Waals surface area (Å²) in [6.07, 6.45) is 1.88. The number of hydrogen-bond donors (Lipinski definition) is 0. The minimum Gasteiger partial charge on any atom is -0.309 e. The van der Waals surface area contributed by atoms with Crippen molar-refractivity contribution in [2.45, 2.75) is 0 Å². The van der Waals surface area contributed by atoms with Gasteiger partial charge >= 0.3 is 0 Å². The predicted octanol–water partition coefficient (Wildman–Crippen LogP) is 9.88. The first kappa shape index (κ1) is 21.4. The molecular formula is C35H22N2S. The van der Waals surface area contributed by atoms with E-state index in [1.807, 2.05) is 23.6 Å². The molecule has 0 radical (unpaired) electrons. The standard InChI is InChI=1S/C35H22N2S/c1-4-17-30(37-31-18-5-2-13-27(31)28-14-3-6-19-32(28)37)25(12-1)23-10-7-11-24(22-23)26-15-8-16-29-34-33(38-35(26)29)20-9-21-36-34/h1-22H. The molecule has 0 saturated heterocycles. The van der Waals surface area contributed by atoms with Crippen LogP contribution in [0.25, 0.3) is 70.0 Å². The minimum atomic E-state index is 1.09. The van der Waals surface area contributed by atoms with E-state index < -0.39 is 0 Å². The summed E-state index contributed by atoms with van der Waals surface area (Å²) in [6, 6.07) is 45.8. The largest absolute Gasteiger partial charge is 0.309 e. The van der Waals surface area contributed by atoms with Crippen LogP contribution in [0.2, 0.25) is 0 Å². The van der Waals surface area contributed by atoms with Crippen molar-refractivity contribution < 1.29 is 0 Å². The van der Waals surface area contributed by atoms with Crippen LogP contribution < -0.4 is 0 Å². The Morgan fingerprint density at radius 1 is 0.526 bits per heavy atom. The van der Waals surface area contributed by atoms with Crippen molar-refractivity contribution in [2.75, 3.05) is 0 Å². The summed E-state index contributed by atoms with van der Waals surface area (Å²) < 4.78 is 4.92. The lowest BCUT2D eigenvalue weighted by Gasteiger charge is -2.15. The fourth-order valence-electron chi connectivity index (χ4n) is 5.79. The summed E-state index contributed by atoms with van der Waals surface area (Å²) in [5.74, 6) is 0. The van der Waals surface area contributed by atoms with Crippen molar-refractivity contribution in [1.82, 2.24) is 9.55 Å². The molecule has 0 saturated carbocycles. The van der Waals surface area contributed by atoms with Gasteiger partial charge in [-0.05, 0) is 53.1 Å². The average Bonchev–Trinajstić information content (AvgIpc) is 3.53. The summed E-state index contributed by atoms with van der Waals surface area (Å²) in [7, 11) is 0. The third kappa shape index (κ3) is 3.16. The zero-order valence-electron chi connectivity index (χ0n) is 20.5. The van der Waals surface area contributed by atoms with E-state index in [1.54, 1.807) is 0 Å². The van der Waals surface area contributed by atoms with Crippen LogP contribution in [-0.4, -0.2) is 9.55 Å². The van der Waals surface area contributed by atoms with Crippen LogP contribution >= 0.6 is 11.3 Å². The quantitative estimate of drug-likeness (QED) is 0.235. The Balaban J connectivity index is 1.35. The Morgan fingerprint density at radius 3 is 1.97 bits per heavy atom. The Hall–Kier alpha value is -4.73. The molecule has 3 aromatic heterocycles. The molecule has 0 aliphatic carbocycles. The van der Waals surface area contributed by atoms with E-state index in [9.17, 15) is 0 Å². The van der Waals surface area contributed by atoms with Gasteiger partial charge in [0, 0.05) is 32.6 Å². The summed E-state index contributed by atoms with van der Waals surface area (Å²) in [5, 5.41) is 3.77. The second-order valence-corrected chi connectivity index (χ2v) is 10.7. The van der Waals surface area contributed by atoms with Crippen molar-refractivity contribution >= 4 is 53.4 Å². The van der Waals surface area contributed by atoms with E-state index in [0.29, 0.717) is 0 Å². The zero-order chi connectivity index (χ0) is 25.1. The summed E-state index contributed by atoms with van der Waals surface area (Å²) in [4.78, 5) is 4.67. The van der Waals surface area contributed by atoms with Crippen LogP contribution in [0, 0.1) is 0 Å². The molecule has 0 atom stereocenters. The third-order valence-electron chi connectivity index (χ3n) is 7.46. The Bertz CT molecular complexity index is 2090. The lowest BCUT2D eigenvalue weighted by atomic mass is 9.97. The molecule has 2 nitrogen and oxygen atoms in total. The average molecular weight is 503 g/mol. The molecule has 0 fully saturated rings. The van der Waals surface area contributed by atoms with Gasteiger partial charge in [-0.1, -0.05) is 91.0 Å². The second-order valence-electron chi connectivity index (χ2n) is 9.60. The maximum Gasteiger partial charge on any atom is 0.0888 e. The highest BCUT2D eigenvalue weighted by molar-refractivity contribution is 7.26. The van der Waals surface area contributed by atoms with Gasteiger partial charge in [-0.2, -0.15) is 0 Å². The number of rotatable bonds is 3. The highest BCUT2D eigenvalue weighted by Crippen LogP contribution is 2.41. The van der Waals surface area contributed by atoms with E-state index >= 15 is 0 Å². The van der Waals surface area contributed by atoms with Crippen LogP contribution in [0.15, 0.2) is 134 Å². The number of hydrogen-bond acceptors (Lipinski definition) is 2. The number of pyridine rings is 1. The molecule has 8 aromatic rings. The number of fused-ring (bicyclic) bond motifs is 6. The number of aromatic nitrogens is 2. The molecule has 38 heavy (non-hydrogen) atoms. The third-order valence-corrected chi connectivity index (χ3v) is 8.66. The summed E-state index contributed by atoms with van der Waals surface area (Å²) in [6.45, 7) is 0. The summed E-state index contributed by atoms with van der Waals surface area (Å²) in [5.41, 5.74) is 9.61. The highest BCUT2D eigenvalue weighted by Gasteiger charge is 2.16. The maximum atomic E-state index is 4.67. The van der Waals surface area contributed by atoms with E-state index in [2.05, 4.69) is 131 Å². The molecule has 8 rings (SSSR count). The van der Waals surface area contributed by atoms with E-state index in [-0.39, 0.29) is 0 Å². The molecule has 0 amide bonds. The van der Waals surface area contributed by atoms with Gasteiger partial charge in [-0.15, -0.1) is 11.3 Å². The molecule has 178 valence electrons. The summed E-state index contributed by atoms with van der Waals surface area (Å²) >= 11 is 1.82. The first-order chi connectivity index (χ1) is 18.9. The van der Waals surface area contributed by atoms with Gasteiger partial charge in [-0.25, -0.2) is 0 Å². The van der Waals surface area contributed by atoms with Crippen molar-refractivity contribution in [3.8, 4) is 27.9 Å². The van der Waals surface area contributed by atoms with Crippen LogP contribution in [0.3, 0.4) is 0 Å². The second kappa shape index (κ2) is 8.41. The first-order valence-electron chi connectivity index (χ1n) is 12.8. The van der Waals surface area contributed by atoms with E-state index in [4.69, 9.17) is 0 Å². The first-order valence-corrected chi connectivity index (χ1v) is 13.6. The van der Waals surface area contributed by atoms with Crippen LogP contribution in [0.5, 0.6) is 0 Å². The maximum absolute atomic E-state index is 4.67. The monoisotopic (exact) mass is 502 g/mol. The van der Waals surface area contributed by atoms with Gasteiger partial charge in [0.1, 0.15) is 0 Å². The number of benzene rings is 5. The molecule has 0 spiro atoms. The molecule has 3 heteroatoms. The van der Waals surface area contributed by atoms with Gasteiger partial charge in [0.25, 0.3) is 0 Å². The predicted molar refractivity (Wildman–Crippen MR) is 162 cm³/mol. The van der Waals surface area contributed by atoms with Gasteiger partial charge in [0.2, 0.25) is 0 Å². The van der Waals surface area contributed by atoms with Crippen molar-refractivity contribution in [3.05, 3.63) is 134 Å². The number of thiophene rings is 1. The fourth-order valence-corrected chi connectivity index (χ4v) is 6.99. The molecule has 3 heterocycles. The topological polar surface area (TPSA) is 17.8 Å². The minimum absolute atomic E-state index is 1.09. The molecule has 0 unspecified atom stereocenters. The Kier molecular flexibility index (Phi) is 4.73. The zero-order valence-corrected chi connectivity index (χ0v) is 21.3. The SMILES string of the molecule is c1cc(-c2ccccc2-n2c3ccccc3c3ccccc32)cc(-c2cccc3c2sc2cccnc23)c1. The molecule has 0 bridgehead atoms. The van der Waals surface area contributed by atoms with E-state index in [0.717, 1.165) is 5.52 Å². The van der Waals surface area contributed by atoms with Crippen LogP contribution in [0.4, 0.5) is 0 Å². The Labute approximate surface area is 224 Å². The van der Waals surface area contributed by atoms with Crippen LogP contribution in [0.1, 0.15) is 0 Å². The van der Waals surface area contributed by atoms with E-state index in [1.165, 1.54) is 64.5 Å². The molecular weight excluding hydrogens is 480 g/mol. The van der Waals surface area contributed by atoms with Crippen LogP contribution in [-0.2, 0) is 0 Å².